The number of carbonyl (C=O) groups is 2. The quantitative estimate of drug-likeness (QED) is 0.773. The lowest BCUT2D eigenvalue weighted by atomic mass is 10.1. The molecule has 2 N–H and O–H groups in total. The van der Waals surface area contributed by atoms with Gasteiger partial charge in [0.2, 0.25) is 0 Å². The number of carbonyl (C=O) groups excluding carboxylic acids is 2. The Morgan fingerprint density at radius 1 is 1.26 bits per heavy atom. The van der Waals surface area contributed by atoms with Gasteiger partial charge in [0.05, 0.1) is 11.7 Å². The van der Waals surface area contributed by atoms with Crippen LogP contribution in [0.2, 0.25) is 0 Å². The van der Waals surface area contributed by atoms with Gasteiger partial charge in [-0.15, -0.1) is 0 Å². The third kappa shape index (κ3) is 4.22. The number of piperidine rings is 1. The second-order valence-corrected chi connectivity index (χ2v) is 5.50. The fraction of sp³-hybridized carbons (Fsp3) is 0.467. The number of hydrogen-bond donors (Lipinski definition) is 2. The molecule has 2 amide bonds. The third-order valence-corrected chi connectivity index (χ3v) is 3.75. The van der Waals surface area contributed by atoms with E-state index in [2.05, 4.69) is 5.32 Å². The van der Waals surface area contributed by atoms with E-state index in [1.807, 2.05) is 0 Å². The first-order chi connectivity index (χ1) is 10.7. The highest BCUT2D eigenvalue weighted by Gasteiger charge is 2.33. The van der Waals surface area contributed by atoms with E-state index in [-0.39, 0.29) is 24.3 Å². The number of aryl methyl sites for hydroxylation is 1. The van der Waals surface area contributed by atoms with Crippen molar-refractivity contribution in [3.05, 3.63) is 29.3 Å². The van der Waals surface area contributed by atoms with Gasteiger partial charge in [0.1, 0.15) is 0 Å². The van der Waals surface area contributed by atoms with Crippen LogP contribution < -0.4 is 5.32 Å². The minimum absolute atomic E-state index is 0.0341. The van der Waals surface area contributed by atoms with Crippen LogP contribution in [0.5, 0.6) is 0 Å². The number of aliphatic hydroxyl groups is 1. The summed E-state index contributed by atoms with van der Waals surface area (Å²) >= 11 is 0. The van der Waals surface area contributed by atoms with Crippen LogP contribution in [0, 0.1) is 6.92 Å². The van der Waals surface area contributed by atoms with Crippen molar-refractivity contribution in [2.24, 2.45) is 0 Å². The van der Waals surface area contributed by atoms with Crippen LogP contribution in [-0.4, -0.2) is 41.0 Å². The summed E-state index contributed by atoms with van der Waals surface area (Å²) in [5.41, 5.74) is -0.908. The Balaban J connectivity index is 2.07. The predicted molar refractivity (Wildman–Crippen MR) is 76.6 cm³/mol. The average molecular weight is 330 g/mol. The number of aliphatic hydroxyl groups excluding tert-OH is 1. The van der Waals surface area contributed by atoms with Crippen molar-refractivity contribution in [1.29, 1.82) is 0 Å². The smallest absolute Gasteiger partial charge is 0.393 e. The van der Waals surface area contributed by atoms with Crippen LogP contribution in [-0.2, 0) is 15.8 Å². The van der Waals surface area contributed by atoms with Crippen molar-refractivity contribution in [2.45, 2.75) is 32.0 Å². The van der Waals surface area contributed by atoms with E-state index in [1.165, 1.54) is 24.0 Å². The predicted octanol–water partition coefficient (Wildman–Crippen LogP) is 1.94. The van der Waals surface area contributed by atoms with Gasteiger partial charge < -0.3 is 15.3 Å². The standard InChI is InChI=1S/C15H17F3N2O3/c1-9-2-3-10(8-12(9)15(16,17)18)19-13(22)14(23)20-6-4-11(21)5-7-20/h2-3,8,11,21H,4-7H2,1H3,(H,19,22). The summed E-state index contributed by atoms with van der Waals surface area (Å²) in [5, 5.41) is 11.6. The molecule has 0 bridgehead atoms. The van der Waals surface area contributed by atoms with E-state index >= 15 is 0 Å². The first-order valence-corrected chi connectivity index (χ1v) is 7.14. The van der Waals surface area contributed by atoms with Gasteiger partial charge >= 0.3 is 18.0 Å². The molecular weight excluding hydrogens is 313 g/mol. The summed E-state index contributed by atoms with van der Waals surface area (Å²) in [7, 11) is 0. The van der Waals surface area contributed by atoms with Gasteiger partial charge in [-0.1, -0.05) is 6.07 Å². The van der Waals surface area contributed by atoms with E-state index in [4.69, 9.17) is 0 Å². The minimum Gasteiger partial charge on any atom is -0.393 e. The molecule has 1 heterocycles. The molecule has 5 nitrogen and oxygen atoms in total. The molecule has 0 unspecified atom stereocenters. The fourth-order valence-corrected chi connectivity index (χ4v) is 2.40. The van der Waals surface area contributed by atoms with Crippen molar-refractivity contribution in [3.8, 4) is 0 Å². The maximum atomic E-state index is 12.8. The molecule has 0 spiro atoms. The lowest BCUT2D eigenvalue weighted by molar-refractivity contribution is -0.144. The zero-order valence-corrected chi connectivity index (χ0v) is 12.5. The van der Waals surface area contributed by atoms with Crippen LogP contribution in [0.3, 0.4) is 0 Å². The SMILES string of the molecule is Cc1ccc(NC(=O)C(=O)N2CCC(O)CC2)cc1C(F)(F)F. The molecule has 2 rings (SSSR count). The number of alkyl halides is 3. The second kappa shape index (κ2) is 6.57. The third-order valence-electron chi connectivity index (χ3n) is 3.75. The van der Waals surface area contributed by atoms with Crippen LogP contribution in [0.15, 0.2) is 18.2 Å². The lowest BCUT2D eigenvalue weighted by Gasteiger charge is -2.28. The van der Waals surface area contributed by atoms with E-state index < -0.39 is 29.7 Å². The highest BCUT2D eigenvalue weighted by molar-refractivity contribution is 6.39. The molecule has 1 fully saturated rings. The molecule has 1 aliphatic rings. The van der Waals surface area contributed by atoms with Gasteiger partial charge in [-0.05, 0) is 37.5 Å². The first kappa shape index (κ1) is 17.3. The molecule has 1 saturated heterocycles. The first-order valence-electron chi connectivity index (χ1n) is 7.14. The molecule has 126 valence electrons. The monoisotopic (exact) mass is 330 g/mol. The summed E-state index contributed by atoms with van der Waals surface area (Å²) in [6.07, 6.45) is -4.27. The largest absolute Gasteiger partial charge is 0.416 e. The summed E-state index contributed by atoms with van der Waals surface area (Å²) < 4.78 is 38.5. The van der Waals surface area contributed by atoms with Crippen molar-refractivity contribution in [2.75, 3.05) is 18.4 Å². The number of rotatable bonds is 1. The van der Waals surface area contributed by atoms with E-state index in [1.54, 1.807) is 0 Å². The van der Waals surface area contributed by atoms with Crippen molar-refractivity contribution < 1.29 is 27.9 Å². The Labute approximate surface area is 131 Å². The van der Waals surface area contributed by atoms with Crippen LogP contribution >= 0.6 is 0 Å². The molecule has 23 heavy (non-hydrogen) atoms. The molecule has 0 aliphatic carbocycles. The number of nitrogens with one attached hydrogen (secondary N) is 1. The maximum Gasteiger partial charge on any atom is 0.416 e. The van der Waals surface area contributed by atoms with Gasteiger partial charge in [0.15, 0.2) is 0 Å². The summed E-state index contributed by atoms with van der Waals surface area (Å²) in [5.74, 6) is -1.80. The Morgan fingerprint density at radius 2 is 1.87 bits per heavy atom. The minimum atomic E-state index is -4.53. The van der Waals surface area contributed by atoms with Crippen LogP contribution in [0.1, 0.15) is 24.0 Å². The molecular formula is C15H17F3N2O3. The Kier molecular flexibility index (Phi) is 4.93. The Bertz CT molecular complexity index is 608. The number of benzene rings is 1. The highest BCUT2D eigenvalue weighted by Crippen LogP contribution is 2.33. The lowest BCUT2D eigenvalue weighted by Crippen LogP contribution is -2.45. The maximum absolute atomic E-state index is 12.8. The van der Waals surface area contributed by atoms with Gasteiger partial charge in [-0.3, -0.25) is 9.59 Å². The molecule has 0 saturated carbocycles. The highest BCUT2D eigenvalue weighted by atomic mass is 19.4. The van der Waals surface area contributed by atoms with E-state index in [0.717, 1.165) is 6.07 Å². The summed E-state index contributed by atoms with van der Waals surface area (Å²) in [6.45, 7) is 1.81. The number of hydrogen-bond acceptors (Lipinski definition) is 3. The number of amides is 2. The zero-order valence-electron chi connectivity index (χ0n) is 12.5. The molecule has 0 aromatic heterocycles. The van der Waals surface area contributed by atoms with Gasteiger partial charge in [-0.25, -0.2) is 0 Å². The Morgan fingerprint density at radius 3 is 2.43 bits per heavy atom. The second-order valence-electron chi connectivity index (χ2n) is 5.50. The van der Waals surface area contributed by atoms with Crippen molar-refractivity contribution in [3.63, 3.8) is 0 Å². The average Bonchev–Trinajstić information content (AvgIpc) is 2.48. The summed E-state index contributed by atoms with van der Waals surface area (Å²) in [6, 6.07) is 3.36. The summed E-state index contributed by atoms with van der Waals surface area (Å²) in [4.78, 5) is 25.1. The molecule has 1 aliphatic heterocycles. The molecule has 1 aromatic rings. The Hall–Kier alpha value is -2.09. The molecule has 0 radical (unpaired) electrons. The molecule has 8 heteroatoms. The van der Waals surface area contributed by atoms with Crippen molar-refractivity contribution in [1.82, 2.24) is 4.90 Å². The number of anilines is 1. The van der Waals surface area contributed by atoms with Crippen LogP contribution in [0.25, 0.3) is 0 Å². The van der Waals surface area contributed by atoms with E-state index in [0.29, 0.717) is 12.8 Å². The zero-order chi connectivity index (χ0) is 17.2. The molecule has 0 atom stereocenters. The number of nitrogens with zero attached hydrogens (tertiary/aromatic N) is 1. The van der Waals surface area contributed by atoms with E-state index in [9.17, 15) is 27.9 Å². The topological polar surface area (TPSA) is 69.6 Å². The van der Waals surface area contributed by atoms with Crippen LogP contribution in [0.4, 0.5) is 18.9 Å². The normalized spacial score (nSPS) is 16.3. The number of likely N-dealkylation sites (tertiary alicyclic amines) is 1. The van der Waals surface area contributed by atoms with Gasteiger partial charge in [0, 0.05) is 18.8 Å². The fourth-order valence-electron chi connectivity index (χ4n) is 2.40. The van der Waals surface area contributed by atoms with Crippen molar-refractivity contribution >= 4 is 17.5 Å². The van der Waals surface area contributed by atoms with Gasteiger partial charge in [-0.2, -0.15) is 13.2 Å². The van der Waals surface area contributed by atoms with Gasteiger partial charge in [0.25, 0.3) is 0 Å². The molecule has 1 aromatic carbocycles. The number of halogens is 3.